The molecule has 2 rings (SSSR count). The van der Waals surface area contributed by atoms with Crippen molar-refractivity contribution < 1.29 is 4.39 Å². The quantitative estimate of drug-likeness (QED) is 0.466. The van der Waals surface area contributed by atoms with Crippen molar-refractivity contribution >= 4 is 21.9 Å². The summed E-state index contributed by atoms with van der Waals surface area (Å²) >= 11 is 4.48. The molecule has 17 heavy (non-hydrogen) atoms. The van der Waals surface area contributed by atoms with Crippen molar-refractivity contribution in [3.63, 3.8) is 0 Å². The number of nitroso groups, excluding NO2 is 1. The highest BCUT2D eigenvalue weighted by Crippen LogP contribution is 2.43. The number of thiol groups is 1. The minimum Gasteiger partial charge on any atom is -0.246 e. The summed E-state index contributed by atoms with van der Waals surface area (Å²) < 4.78 is 14.3. The lowest BCUT2D eigenvalue weighted by molar-refractivity contribution is 0.0901. The smallest absolute Gasteiger partial charge is 0.112 e. The van der Waals surface area contributed by atoms with Crippen molar-refractivity contribution in [2.45, 2.75) is 61.6 Å². The number of hydrogen-bond donors (Lipinski definition) is 1. The van der Waals surface area contributed by atoms with Gasteiger partial charge in [-0.1, -0.05) is 5.18 Å². The fourth-order valence-electron chi connectivity index (χ4n) is 3.36. The lowest BCUT2D eigenvalue weighted by Gasteiger charge is -2.40. The minimum atomic E-state index is -0.877. The van der Waals surface area contributed by atoms with Gasteiger partial charge in [-0.2, -0.15) is 17.5 Å². The Morgan fingerprint density at radius 2 is 1.76 bits per heavy atom. The van der Waals surface area contributed by atoms with Gasteiger partial charge in [-0.05, 0) is 50.4 Å². The molecule has 2 aliphatic rings. The Hall–Kier alpha value is 0.310. The average molecular weight is 277 g/mol. The van der Waals surface area contributed by atoms with Gasteiger partial charge in [0.15, 0.2) is 0 Å². The molecule has 5 unspecified atom stereocenters. The number of halogens is 1. The first-order chi connectivity index (χ1) is 8.13. The summed E-state index contributed by atoms with van der Waals surface area (Å²) in [7, 11) is 2.50. The lowest BCUT2D eigenvalue weighted by atomic mass is 9.71. The van der Waals surface area contributed by atoms with Gasteiger partial charge in [-0.25, -0.2) is 4.39 Å². The van der Waals surface area contributed by atoms with Gasteiger partial charge in [0, 0.05) is 10.9 Å². The van der Waals surface area contributed by atoms with Crippen molar-refractivity contribution in [1.82, 2.24) is 0 Å². The molecule has 0 bridgehead atoms. The molecular formula is C12H21FNOPS. The SMILES string of the molecule is O=NC1CCC(C2CCC(S)CC2)C(F)C1P. The Bertz CT molecular complexity index is 273. The molecule has 2 aliphatic carbocycles. The first-order valence-electron chi connectivity index (χ1n) is 6.53. The molecule has 98 valence electrons. The molecule has 0 N–H and O–H groups in total. The summed E-state index contributed by atoms with van der Waals surface area (Å²) in [6.45, 7) is 0. The van der Waals surface area contributed by atoms with Crippen LogP contribution in [0.1, 0.15) is 38.5 Å². The second-order valence-electron chi connectivity index (χ2n) is 5.50. The van der Waals surface area contributed by atoms with E-state index < -0.39 is 6.17 Å². The van der Waals surface area contributed by atoms with E-state index in [-0.39, 0.29) is 17.6 Å². The van der Waals surface area contributed by atoms with Crippen LogP contribution >= 0.6 is 21.9 Å². The normalized spacial score (nSPS) is 47.7. The van der Waals surface area contributed by atoms with E-state index in [1.54, 1.807) is 0 Å². The molecule has 0 aliphatic heterocycles. The third kappa shape index (κ3) is 3.01. The zero-order valence-electron chi connectivity index (χ0n) is 9.96. The molecular weight excluding hydrogens is 256 g/mol. The van der Waals surface area contributed by atoms with Gasteiger partial charge >= 0.3 is 0 Å². The summed E-state index contributed by atoms with van der Waals surface area (Å²) in [6.07, 6.45) is 5.10. The fourth-order valence-corrected chi connectivity index (χ4v) is 4.21. The van der Waals surface area contributed by atoms with Crippen LogP contribution in [0.15, 0.2) is 5.18 Å². The number of nitrogens with zero attached hydrogens (tertiary/aromatic N) is 1. The van der Waals surface area contributed by atoms with Crippen LogP contribution in [0.3, 0.4) is 0 Å². The second kappa shape index (κ2) is 5.97. The zero-order valence-corrected chi connectivity index (χ0v) is 12.0. The van der Waals surface area contributed by atoms with Crippen LogP contribution in [0.25, 0.3) is 0 Å². The van der Waals surface area contributed by atoms with Crippen LogP contribution in [-0.4, -0.2) is 23.1 Å². The molecule has 2 fully saturated rings. The van der Waals surface area contributed by atoms with E-state index in [1.165, 1.54) is 0 Å². The predicted molar refractivity (Wildman–Crippen MR) is 75.4 cm³/mol. The molecule has 0 saturated heterocycles. The Morgan fingerprint density at radius 1 is 1.12 bits per heavy atom. The van der Waals surface area contributed by atoms with Crippen molar-refractivity contribution in [2.24, 2.45) is 17.0 Å². The molecule has 0 spiro atoms. The Labute approximate surface area is 110 Å². The monoisotopic (exact) mass is 277 g/mol. The molecule has 5 atom stereocenters. The van der Waals surface area contributed by atoms with E-state index in [2.05, 4.69) is 27.0 Å². The maximum atomic E-state index is 14.3. The molecule has 0 aromatic carbocycles. The van der Waals surface area contributed by atoms with Crippen molar-refractivity contribution in [1.29, 1.82) is 0 Å². The molecule has 5 heteroatoms. The maximum Gasteiger partial charge on any atom is 0.112 e. The molecule has 2 saturated carbocycles. The van der Waals surface area contributed by atoms with E-state index in [0.29, 0.717) is 11.2 Å². The Morgan fingerprint density at radius 3 is 2.35 bits per heavy atom. The third-order valence-electron chi connectivity index (χ3n) is 4.50. The van der Waals surface area contributed by atoms with Crippen LogP contribution in [0, 0.1) is 16.7 Å². The largest absolute Gasteiger partial charge is 0.246 e. The number of hydrogen-bond acceptors (Lipinski definition) is 3. The van der Waals surface area contributed by atoms with Crippen LogP contribution in [0.5, 0.6) is 0 Å². The highest BCUT2D eigenvalue weighted by molar-refractivity contribution is 7.80. The van der Waals surface area contributed by atoms with E-state index in [4.69, 9.17) is 0 Å². The van der Waals surface area contributed by atoms with E-state index in [1.807, 2.05) is 0 Å². The highest BCUT2D eigenvalue weighted by Gasteiger charge is 2.42. The predicted octanol–water partition coefficient (Wildman–Crippen LogP) is 3.60. The van der Waals surface area contributed by atoms with Crippen molar-refractivity contribution in [2.75, 3.05) is 0 Å². The lowest BCUT2D eigenvalue weighted by Crippen LogP contribution is -2.43. The van der Waals surface area contributed by atoms with Crippen LogP contribution in [0.2, 0.25) is 0 Å². The van der Waals surface area contributed by atoms with Crippen molar-refractivity contribution in [3.05, 3.63) is 4.91 Å². The first kappa shape index (κ1) is 13.7. The van der Waals surface area contributed by atoms with Gasteiger partial charge in [-0.15, -0.1) is 9.24 Å². The minimum absolute atomic E-state index is 0.135. The summed E-state index contributed by atoms with van der Waals surface area (Å²) in [4.78, 5) is 10.6. The standard InChI is InChI=1S/C12H21FNOPS/c13-11-9(5-6-10(14-15)12(11)16)7-1-3-8(17)4-2-7/h7-12,17H,1-6,16H2. The molecule has 0 amide bonds. The second-order valence-corrected chi connectivity index (χ2v) is 7.00. The third-order valence-corrected chi connectivity index (χ3v) is 5.83. The van der Waals surface area contributed by atoms with Gasteiger partial charge in [-0.3, -0.25) is 0 Å². The zero-order chi connectivity index (χ0) is 12.4. The average Bonchev–Trinajstić information content (AvgIpc) is 2.34. The summed E-state index contributed by atoms with van der Waals surface area (Å²) in [5.74, 6) is 0.625. The fraction of sp³-hybridized carbons (Fsp3) is 1.00. The van der Waals surface area contributed by atoms with Gasteiger partial charge in [0.2, 0.25) is 0 Å². The van der Waals surface area contributed by atoms with Gasteiger partial charge in [0.05, 0.1) is 0 Å². The van der Waals surface area contributed by atoms with E-state index in [9.17, 15) is 9.30 Å². The van der Waals surface area contributed by atoms with Crippen molar-refractivity contribution in [3.8, 4) is 0 Å². The number of rotatable bonds is 2. The molecule has 0 heterocycles. The summed E-state index contributed by atoms with van der Waals surface area (Å²) in [6, 6.07) is -0.340. The summed E-state index contributed by atoms with van der Waals surface area (Å²) in [5.41, 5.74) is -0.278. The maximum absolute atomic E-state index is 14.3. The van der Waals surface area contributed by atoms with Gasteiger partial charge < -0.3 is 0 Å². The molecule has 0 aromatic heterocycles. The van der Waals surface area contributed by atoms with Gasteiger partial charge in [0.25, 0.3) is 0 Å². The Kier molecular flexibility index (Phi) is 4.82. The molecule has 2 nitrogen and oxygen atoms in total. The van der Waals surface area contributed by atoms with E-state index in [0.717, 1.165) is 38.5 Å². The topological polar surface area (TPSA) is 29.4 Å². The van der Waals surface area contributed by atoms with Crippen LogP contribution < -0.4 is 0 Å². The molecule has 0 radical (unpaired) electrons. The first-order valence-corrected chi connectivity index (χ1v) is 7.72. The van der Waals surface area contributed by atoms with Crippen LogP contribution in [-0.2, 0) is 0 Å². The molecule has 0 aromatic rings. The Balaban J connectivity index is 1.95. The number of alkyl halides is 1. The van der Waals surface area contributed by atoms with E-state index >= 15 is 0 Å². The van der Waals surface area contributed by atoms with Crippen LogP contribution in [0.4, 0.5) is 4.39 Å². The van der Waals surface area contributed by atoms with Gasteiger partial charge in [0.1, 0.15) is 12.2 Å². The highest BCUT2D eigenvalue weighted by atomic mass is 32.1. The summed E-state index contributed by atoms with van der Waals surface area (Å²) in [5, 5.41) is 3.55.